The summed E-state index contributed by atoms with van der Waals surface area (Å²) in [6.07, 6.45) is 6.78. The van der Waals surface area contributed by atoms with E-state index in [-0.39, 0.29) is 0 Å². The van der Waals surface area contributed by atoms with E-state index < -0.39 is 22.9 Å². The lowest BCUT2D eigenvalue weighted by Crippen LogP contribution is -2.22. The van der Waals surface area contributed by atoms with Gasteiger partial charge in [0.2, 0.25) is 0 Å². The SMILES string of the molecule is CC.Fc1cc(F)cc(C2CC2)c1.O=c1[nH]cc(-c2ccc3nccn3n2)c(=O)[nH]1. The predicted octanol–water partition coefficient (Wildman–Crippen LogP) is 3.64. The first-order chi connectivity index (χ1) is 14.5. The largest absolute Gasteiger partial charge is 0.325 e. The van der Waals surface area contributed by atoms with Crippen molar-refractivity contribution in [2.45, 2.75) is 32.6 Å². The van der Waals surface area contributed by atoms with E-state index in [9.17, 15) is 18.4 Å². The number of aromatic amines is 2. The third kappa shape index (κ3) is 5.05. The maximum Gasteiger partial charge on any atom is 0.325 e. The summed E-state index contributed by atoms with van der Waals surface area (Å²) in [5, 5.41) is 4.21. The number of benzene rings is 1. The summed E-state index contributed by atoms with van der Waals surface area (Å²) in [4.78, 5) is 31.1. The van der Waals surface area contributed by atoms with Crippen LogP contribution in [-0.4, -0.2) is 24.6 Å². The summed E-state index contributed by atoms with van der Waals surface area (Å²) in [7, 11) is 0. The second-order valence-corrected chi connectivity index (χ2v) is 6.41. The molecular formula is C21H21F2N5O2. The molecule has 1 aliphatic rings. The van der Waals surface area contributed by atoms with Crippen molar-refractivity contribution in [3.8, 4) is 11.3 Å². The number of halogens is 2. The molecule has 0 amide bonds. The minimum absolute atomic E-state index is 0.306. The average molecular weight is 413 g/mol. The van der Waals surface area contributed by atoms with Gasteiger partial charge in [0.25, 0.3) is 5.56 Å². The van der Waals surface area contributed by atoms with Gasteiger partial charge in [-0.25, -0.2) is 23.1 Å². The summed E-state index contributed by atoms with van der Waals surface area (Å²) in [5.41, 5.74) is 1.26. The molecule has 5 rings (SSSR count). The Morgan fingerprint density at radius 3 is 2.40 bits per heavy atom. The van der Waals surface area contributed by atoms with E-state index in [1.54, 1.807) is 29.0 Å². The molecule has 0 saturated heterocycles. The van der Waals surface area contributed by atoms with E-state index in [2.05, 4.69) is 20.1 Å². The minimum Gasteiger partial charge on any atom is -0.313 e. The second kappa shape index (κ2) is 9.25. The van der Waals surface area contributed by atoms with Crippen LogP contribution in [0.2, 0.25) is 0 Å². The molecule has 0 aliphatic heterocycles. The van der Waals surface area contributed by atoms with Crippen molar-refractivity contribution in [3.63, 3.8) is 0 Å². The van der Waals surface area contributed by atoms with Crippen molar-refractivity contribution >= 4 is 5.65 Å². The van der Waals surface area contributed by atoms with Crippen LogP contribution < -0.4 is 11.2 Å². The summed E-state index contributed by atoms with van der Waals surface area (Å²) < 4.78 is 26.7. The normalized spacial score (nSPS) is 12.5. The highest BCUT2D eigenvalue weighted by Crippen LogP contribution is 2.40. The van der Waals surface area contributed by atoms with Gasteiger partial charge in [0.05, 0.1) is 11.3 Å². The fraction of sp³-hybridized carbons (Fsp3) is 0.238. The number of aromatic nitrogens is 5. The van der Waals surface area contributed by atoms with Crippen molar-refractivity contribution in [1.82, 2.24) is 24.6 Å². The average Bonchev–Trinajstić information content (AvgIpc) is 3.47. The first kappa shape index (κ1) is 21.1. The second-order valence-electron chi connectivity index (χ2n) is 6.41. The van der Waals surface area contributed by atoms with E-state index in [1.165, 1.54) is 18.3 Å². The number of nitrogens with one attached hydrogen (secondary N) is 2. The van der Waals surface area contributed by atoms with E-state index in [0.717, 1.165) is 24.5 Å². The van der Waals surface area contributed by atoms with Crippen LogP contribution in [-0.2, 0) is 0 Å². The molecule has 156 valence electrons. The number of hydrogen-bond acceptors (Lipinski definition) is 4. The zero-order valence-electron chi connectivity index (χ0n) is 16.5. The fourth-order valence-electron chi connectivity index (χ4n) is 2.79. The summed E-state index contributed by atoms with van der Waals surface area (Å²) in [6, 6.07) is 7.16. The highest BCUT2D eigenvalue weighted by atomic mass is 19.1. The standard InChI is InChI=1S/C10H7N5O2.C9H8F2.C2H6/c16-9-6(5-12-10(17)13-9)7-1-2-8-11-3-4-15(8)14-7;10-8-3-7(6-1-2-6)4-9(11)5-8;1-2/h1-5H,(H2,12,13,16,17);3-6H,1-2H2;1-2H3. The minimum atomic E-state index is -0.539. The van der Waals surface area contributed by atoms with E-state index in [4.69, 9.17) is 0 Å². The molecule has 9 heteroatoms. The van der Waals surface area contributed by atoms with Crippen molar-refractivity contribution in [2.75, 3.05) is 0 Å². The number of rotatable bonds is 2. The van der Waals surface area contributed by atoms with Gasteiger partial charge in [0, 0.05) is 24.7 Å². The Labute approximate surface area is 170 Å². The lowest BCUT2D eigenvalue weighted by molar-refractivity contribution is 0.580. The lowest BCUT2D eigenvalue weighted by atomic mass is 10.1. The van der Waals surface area contributed by atoms with Gasteiger partial charge in [0.15, 0.2) is 5.65 Å². The van der Waals surface area contributed by atoms with Gasteiger partial charge in [-0.2, -0.15) is 5.10 Å². The Hall–Kier alpha value is -3.62. The Morgan fingerprint density at radius 2 is 1.77 bits per heavy atom. The molecule has 4 aromatic rings. The van der Waals surface area contributed by atoms with E-state index >= 15 is 0 Å². The third-order valence-electron chi connectivity index (χ3n) is 4.28. The molecule has 30 heavy (non-hydrogen) atoms. The molecule has 7 nitrogen and oxygen atoms in total. The zero-order valence-corrected chi connectivity index (χ0v) is 16.5. The number of H-pyrrole nitrogens is 2. The summed E-state index contributed by atoms with van der Waals surface area (Å²) in [5.74, 6) is -0.515. The number of nitrogens with zero attached hydrogens (tertiary/aromatic N) is 3. The Balaban J connectivity index is 0.000000170. The van der Waals surface area contributed by atoms with E-state index in [0.29, 0.717) is 22.8 Å². The Kier molecular flexibility index (Phi) is 6.51. The van der Waals surface area contributed by atoms with Crippen LogP contribution in [0.4, 0.5) is 8.78 Å². The van der Waals surface area contributed by atoms with Crippen LogP contribution in [0.15, 0.2) is 58.5 Å². The topological polar surface area (TPSA) is 95.9 Å². The van der Waals surface area contributed by atoms with Crippen molar-refractivity contribution in [3.05, 3.63) is 87.0 Å². The highest BCUT2D eigenvalue weighted by molar-refractivity contribution is 5.57. The molecular weight excluding hydrogens is 392 g/mol. The maximum atomic E-state index is 12.6. The fourth-order valence-corrected chi connectivity index (χ4v) is 2.79. The quantitative estimate of drug-likeness (QED) is 0.524. The van der Waals surface area contributed by atoms with Gasteiger partial charge in [-0.3, -0.25) is 9.78 Å². The van der Waals surface area contributed by atoms with Crippen molar-refractivity contribution in [1.29, 1.82) is 0 Å². The molecule has 3 heterocycles. The van der Waals surface area contributed by atoms with Gasteiger partial charge in [0.1, 0.15) is 11.6 Å². The van der Waals surface area contributed by atoms with Gasteiger partial charge in [-0.15, -0.1) is 0 Å². The molecule has 2 N–H and O–H groups in total. The van der Waals surface area contributed by atoms with Crippen LogP contribution in [0.1, 0.15) is 38.2 Å². The molecule has 0 unspecified atom stereocenters. The molecule has 0 atom stereocenters. The monoisotopic (exact) mass is 413 g/mol. The molecule has 1 aliphatic carbocycles. The first-order valence-electron chi connectivity index (χ1n) is 9.58. The van der Waals surface area contributed by atoms with Gasteiger partial charge >= 0.3 is 5.69 Å². The molecule has 1 saturated carbocycles. The Bertz CT molecular complexity index is 1240. The highest BCUT2D eigenvalue weighted by Gasteiger charge is 2.24. The van der Waals surface area contributed by atoms with Crippen LogP contribution in [0.25, 0.3) is 16.9 Å². The number of fused-ring (bicyclic) bond motifs is 1. The first-order valence-corrected chi connectivity index (χ1v) is 9.58. The molecule has 3 aromatic heterocycles. The van der Waals surface area contributed by atoms with Gasteiger partial charge in [-0.05, 0) is 48.6 Å². The van der Waals surface area contributed by atoms with Crippen LogP contribution >= 0.6 is 0 Å². The number of hydrogen-bond donors (Lipinski definition) is 2. The molecule has 1 aromatic carbocycles. The van der Waals surface area contributed by atoms with Crippen LogP contribution in [0.5, 0.6) is 0 Å². The van der Waals surface area contributed by atoms with Crippen molar-refractivity contribution < 1.29 is 8.78 Å². The molecule has 0 bridgehead atoms. The molecule has 0 spiro atoms. The summed E-state index contributed by atoms with van der Waals surface area (Å²) >= 11 is 0. The van der Waals surface area contributed by atoms with Gasteiger partial charge < -0.3 is 4.98 Å². The maximum absolute atomic E-state index is 12.6. The van der Waals surface area contributed by atoms with Crippen LogP contribution in [0, 0.1) is 11.6 Å². The zero-order chi connectivity index (χ0) is 21.7. The summed E-state index contributed by atoms with van der Waals surface area (Å²) in [6.45, 7) is 4.00. The molecule has 0 radical (unpaired) electrons. The predicted molar refractivity (Wildman–Crippen MR) is 109 cm³/mol. The van der Waals surface area contributed by atoms with Crippen molar-refractivity contribution in [2.24, 2.45) is 0 Å². The third-order valence-corrected chi connectivity index (χ3v) is 4.28. The van der Waals surface area contributed by atoms with E-state index in [1.807, 2.05) is 13.8 Å². The number of imidazole rings is 1. The molecule has 1 fully saturated rings. The smallest absolute Gasteiger partial charge is 0.313 e. The van der Waals surface area contributed by atoms with Crippen LogP contribution in [0.3, 0.4) is 0 Å². The van der Waals surface area contributed by atoms with Gasteiger partial charge in [-0.1, -0.05) is 13.8 Å². The lowest BCUT2D eigenvalue weighted by Gasteiger charge is -1.99. The Morgan fingerprint density at radius 1 is 1.07 bits per heavy atom.